The molecule has 1 heterocycles. The highest BCUT2D eigenvalue weighted by molar-refractivity contribution is 7.09. The van der Waals surface area contributed by atoms with Crippen molar-refractivity contribution < 1.29 is 9.90 Å². The molecule has 1 fully saturated rings. The van der Waals surface area contributed by atoms with E-state index in [1.54, 1.807) is 11.3 Å². The highest BCUT2D eigenvalue weighted by Crippen LogP contribution is 2.38. The number of nitrogens with one attached hydrogen (secondary N) is 2. The molecule has 0 radical (unpaired) electrons. The second kappa shape index (κ2) is 12.0. The first-order valence-electron chi connectivity index (χ1n) is 11.2. The monoisotopic (exact) mass is 464 g/mol. The van der Waals surface area contributed by atoms with Crippen molar-refractivity contribution in [2.24, 2.45) is 0 Å². The lowest BCUT2D eigenvalue weighted by atomic mass is 9.75. The van der Waals surface area contributed by atoms with Crippen LogP contribution in [-0.4, -0.2) is 29.7 Å². The zero-order valence-corrected chi connectivity index (χ0v) is 20.5. The topological polar surface area (TPSA) is 61.4 Å². The molecule has 0 spiro atoms. The normalized spacial score (nSPS) is 17.6. The second-order valence-electron chi connectivity index (χ2n) is 8.96. The van der Waals surface area contributed by atoms with Gasteiger partial charge in [-0.15, -0.1) is 23.7 Å². The summed E-state index contributed by atoms with van der Waals surface area (Å²) >= 11 is 1.66. The Morgan fingerprint density at radius 2 is 1.90 bits per heavy atom. The summed E-state index contributed by atoms with van der Waals surface area (Å²) in [5.41, 5.74) is 2.58. The summed E-state index contributed by atoms with van der Waals surface area (Å²) in [7, 11) is 0. The van der Waals surface area contributed by atoms with Gasteiger partial charge in [-0.1, -0.05) is 63.4 Å². The molecule has 1 saturated carbocycles. The lowest BCUT2D eigenvalue weighted by Crippen LogP contribution is -2.53. The van der Waals surface area contributed by atoms with Crippen LogP contribution in [0.3, 0.4) is 0 Å². The molecule has 1 aliphatic carbocycles. The smallest absolute Gasteiger partial charge is 0.217 e. The first-order valence-corrected chi connectivity index (χ1v) is 12.1. The maximum atomic E-state index is 11.7. The molecule has 31 heavy (non-hydrogen) atoms. The van der Waals surface area contributed by atoms with Crippen LogP contribution in [0.25, 0.3) is 0 Å². The Bertz CT molecular complexity index is 804. The van der Waals surface area contributed by atoms with E-state index < -0.39 is 6.10 Å². The lowest BCUT2D eigenvalue weighted by molar-refractivity contribution is -0.120. The zero-order chi connectivity index (χ0) is 21.6. The minimum atomic E-state index is -0.650. The minimum absolute atomic E-state index is 0. The van der Waals surface area contributed by atoms with E-state index in [1.165, 1.54) is 42.2 Å². The van der Waals surface area contributed by atoms with Gasteiger partial charge in [0.1, 0.15) is 0 Å². The van der Waals surface area contributed by atoms with Crippen LogP contribution >= 0.6 is 23.7 Å². The minimum Gasteiger partial charge on any atom is -0.390 e. The Morgan fingerprint density at radius 3 is 2.52 bits per heavy atom. The van der Waals surface area contributed by atoms with E-state index >= 15 is 0 Å². The first-order chi connectivity index (χ1) is 14.4. The van der Waals surface area contributed by atoms with Gasteiger partial charge in [-0.2, -0.15) is 0 Å². The van der Waals surface area contributed by atoms with Crippen molar-refractivity contribution in [3.05, 3.63) is 57.8 Å². The van der Waals surface area contributed by atoms with Crippen LogP contribution in [0.15, 0.2) is 41.8 Å². The van der Waals surface area contributed by atoms with E-state index in [-0.39, 0.29) is 29.9 Å². The van der Waals surface area contributed by atoms with Crippen LogP contribution < -0.4 is 10.6 Å². The molecule has 1 aliphatic rings. The number of aliphatic hydroxyl groups is 1. The van der Waals surface area contributed by atoms with Crippen LogP contribution in [0.5, 0.6) is 0 Å². The van der Waals surface area contributed by atoms with E-state index in [2.05, 4.69) is 54.8 Å². The van der Waals surface area contributed by atoms with Crippen molar-refractivity contribution in [3.8, 4) is 0 Å². The summed E-state index contributed by atoms with van der Waals surface area (Å²) in [5, 5.41) is 19.8. The van der Waals surface area contributed by atoms with Gasteiger partial charge in [-0.05, 0) is 41.3 Å². The predicted octanol–water partition coefficient (Wildman–Crippen LogP) is 5.15. The van der Waals surface area contributed by atoms with Crippen molar-refractivity contribution in [1.29, 1.82) is 0 Å². The average Bonchev–Trinajstić information content (AvgIpc) is 3.25. The summed E-state index contributed by atoms with van der Waals surface area (Å²) in [6, 6.07) is 12.7. The Hall–Kier alpha value is -1.40. The van der Waals surface area contributed by atoms with Gasteiger partial charge in [0, 0.05) is 30.3 Å². The number of carbonyl (C=O) groups is 1. The quantitative estimate of drug-likeness (QED) is 0.480. The van der Waals surface area contributed by atoms with Gasteiger partial charge in [0.15, 0.2) is 0 Å². The van der Waals surface area contributed by atoms with Gasteiger partial charge in [0.25, 0.3) is 0 Å². The Morgan fingerprint density at radius 1 is 1.16 bits per heavy atom. The molecule has 0 saturated heterocycles. The first kappa shape index (κ1) is 25.9. The van der Waals surface area contributed by atoms with Gasteiger partial charge in [-0.3, -0.25) is 4.79 Å². The standard InChI is InChI=1S/C25H36N2O2S.ClH/c1-18(2)20-9-7-10-21(15-20)25(12-5-4-6-13-25)26-17-24(29)23(27-19(3)28)16-22-11-8-14-30-22;/h7-11,14-15,18,23-24,26,29H,4-6,12-13,16-17H2,1-3H3,(H,27,28);1H/t23-,24-;/m0./s1. The SMILES string of the molecule is CC(=O)N[C@@H](Cc1cccs1)[C@@H](O)CNC1(c2cccc(C(C)C)c2)CCCCC1.Cl. The molecular weight excluding hydrogens is 428 g/mol. The predicted molar refractivity (Wildman–Crippen MR) is 132 cm³/mol. The number of thiophene rings is 1. The molecule has 172 valence electrons. The van der Waals surface area contributed by atoms with E-state index in [0.717, 1.165) is 12.8 Å². The molecule has 0 bridgehead atoms. The number of halogens is 1. The molecule has 1 amide bonds. The average molecular weight is 465 g/mol. The van der Waals surface area contributed by atoms with Crippen LogP contribution in [0.4, 0.5) is 0 Å². The maximum absolute atomic E-state index is 11.7. The number of hydrogen-bond acceptors (Lipinski definition) is 4. The number of aliphatic hydroxyl groups excluding tert-OH is 1. The van der Waals surface area contributed by atoms with Gasteiger partial charge < -0.3 is 15.7 Å². The zero-order valence-electron chi connectivity index (χ0n) is 18.9. The highest BCUT2D eigenvalue weighted by Gasteiger charge is 2.35. The molecule has 1 aromatic carbocycles. The maximum Gasteiger partial charge on any atom is 0.217 e. The molecular formula is C25H37ClN2O2S. The lowest BCUT2D eigenvalue weighted by Gasteiger charge is -2.40. The van der Waals surface area contributed by atoms with E-state index in [9.17, 15) is 9.90 Å². The molecule has 3 N–H and O–H groups in total. The van der Waals surface area contributed by atoms with E-state index in [0.29, 0.717) is 18.9 Å². The summed E-state index contributed by atoms with van der Waals surface area (Å²) in [6.45, 7) is 6.43. The third-order valence-corrected chi connectivity index (χ3v) is 7.22. The number of amides is 1. The van der Waals surface area contributed by atoms with Gasteiger partial charge in [0.2, 0.25) is 5.91 Å². The summed E-state index contributed by atoms with van der Waals surface area (Å²) < 4.78 is 0. The summed E-state index contributed by atoms with van der Waals surface area (Å²) in [5.74, 6) is 0.388. The Kier molecular flexibility index (Phi) is 10.0. The van der Waals surface area contributed by atoms with E-state index in [4.69, 9.17) is 0 Å². The molecule has 2 aromatic rings. The van der Waals surface area contributed by atoms with Gasteiger partial charge >= 0.3 is 0 Å². The van der Waals surface area contributed by atoms with Crippen LogP contribution in [-0.2, 0) is 16.8 Å². The van der Waals surface area contributed by atoms with Crippen molar-refractivity contribution in [3.63, 3.8) is 0 Å². The summed E-state index contributed by atoms with van der Waals surface area (Å²) in [4.78, 5) is 12.9. The number of hydrogen-bond donors (Lipinski definition) is 3. The molecule has 6 heteroatoms. The van der Waals surface area contributed by atoms with E-state index in [1.807, 2.05) is 11.4 Å². The number of carbonyl (C=O) groups excluding carboxylic acids is 1. The fraction of sp³-hybridized carbons (Fsp3) is 0.560. The van der Waals surface area contributed by atoms with Crippen molar-refractivity contribution in [1.82, 2.24) is 10.6 Å². The third-order valence-electron chi connectivity index (χ3n) is 6.32. The number of benzene rings is 1. The number of rotatable bonds is 9. The fourth-order valence-electron chi connectivity index (χ4n) is 4.55. The highest BCUT2D eigenvalue weighted by atomic mass is 35.5. The molecule has 0 aliphatic heterocycles. The second-order valence-corrected chi connectivity index (χ2v) is 9.99. The van der Waals surface area contributed by atoms with Crippen LogP contribution in [0.2, 0.25) is 0 Å². The van der Waals surface area contributed by atoms with Crippen molar-refractivity contribution >= 4 is 29.7 Å². The molecule has 1 aromatic heterocycles. The largest absolute Gasteiger partial charge is 0.390 e. The van der Waals surface area contributed by atoms with Gasteiger partial charge in [-0.25, -0.2) is 0 Å². The van der Waals surface area contributed by atoms with Crippen molar-refractivity contribution in [2.75, 3.05) is 6.54 Å². The fourth-order valence-corrected chi connectivity index (χ4v) is 5.32. The van der Waals surface area contributed by atoms with Crippen LogP contribution in [0.1, 0.15) is 74.8 Å². The van der Waals surface area contributed by atoms with Crippen molar-refractivity contribution in [2.45, 2.75) is 82.9 Å². The summed E-state index contributed by atoms with van der Waals surface area (Å²) in [6.07, 6.45) is 5.81. The molecule has 0 unspecified atom stereocenters. The molecule has 3 rings (SSSR count). The van der Waals surface area contributed by atoms with Crippen LogP contribution in [0, 0.1) is 0 Å². The van der Waals surface area contributed by atoms with Gasteiger partial charge in [0.05, 0.1) is 12.1 Å². The molecule has 4 nitrogen and oxygen atoms in total. The Labute approximate surface area is 197 Å². The Balaban J connectivity index is 0.00000341. The third kappa shape index (κ3) is 7.04. The molecule has 2 atom stereocenters.